The van der Waals surface area contributed by atoms with E-state index in [9.17, 15) is 9.90 Å². The zero-order chi connectivity index (χ0) is 21.4. The molecule has 1 fully saturated rings. The number of amides is 1. The molecule has 4 rings (SSSR count). The van der Waals surface area contributed by atoms with Gasteiger partial charge >= 0.3 is 7.12 Å². The van der Waals surface area contributed by atoms with E-state index in [1.165, 1.54) is 5.56 Å². The third kappa shape index (κ3) is 3.20. The Bertz CT molecular complexity index is 971. The summed E-state index contributed by atoms with van der Waals surface area (Å²) in [6.07, 6.45) is 2.43. The lowest BCUT2D eigenvalue weighted by molar-refractivity contribution is 0.00578. The number of nitrogens with two attached hydrogens (primary N) is 1. The summed E-state index contributed by atoms with van der Waals surface area (Å²) in [6, 6.07) is 3.65. The quantitative estimate of drug-likeness (QED) is 0.692. The highest BCUT2D eigenvalue weighted by atomic mass is 16.7. The molecule has 1 aromatic carbocycles. The smallest absolute Gasteiger partial charge is 0.399 e. The van der Waals surface area contributed by atoms with Gasteiger partial charge in [-0.15, -0.1) is 0 Å². The number of carbonyl (C=O) groups is 1. The Balaban J connectivity index is 1.87. The SMILES string of the molecule is CC(C)(O)C1CCc2c([nH]c3c(C(N)=O)ccc(B4OC(C)(C)C(C)(C)O4)c23)C1. The lowest BCUT2D eigenvalue weighted by atomic mass is 9.73. The van der Waals surface area contributed by atoms with Crippen molar-refractivity contribution in [3.05, 3.63) is 29.0 Å². The van der Waals surface area contributed by atoms with E-state index in [-0.39, 0.29) is 5.92 Å². The first-order valence-electron chi connectivity index (χ1n) is 10.4. The zero-order valence-corrected chi connectivity index (χ0v) is 18.2. The van der Waals surface area contributed by atoms with E-state index < -0.39 is 29.8 Å². The molecule has 1 aliphatic carbocycles. The van der Waals surface area contributed by atoms with Gasteiger partial charge in [-0.3, -0.25) is 4.79 Å². The zero-order valence-electron chi connectivity index (χ0n) is 18.2. The molecule has 2 heterocycles. The maximum absolute atomic E-state index is 12.1. The Labute approximate surface area is 172 Å². The van der Waals surface area contributed by atoms with Crippen LogP contribution in [0.2, 0.25) is 0 Å². The first-order valence-corrected chi connectivity index (χ1v) is 10.4. The summed E-state index contributed by atoms with van der Waals surface area (Å²) in [5.74, 6) is -0.312. The Morgan fingerprint density at radius 1 is 1.24 bits per heavy atom. The van der Waals surface area contributed by atoms with E-state index >= 15 is 0 Å². The Morgan fingerprint density at radius 2 is 1.86 bits per heavy atom. The number of rotatable bonds is 3. The molecule has 0 saturated carbocycles. The molecule has 7 heteroatoms. The monoisotopic (exact) mass is 398 g/mol. The number of fused-ring (bicyclic) bond motifs is 3. The van der Waals surface area contributed by atoms with Crippen LogP contribution in [0.3, 0.4) is 0 Å². The maximum atomic E-state index is 12.1. The van der Waals surface area contributed by atoms with E-state index in [2.05, 4.69) is 4.98 Å². The fourth-order valence-corrected chi connectivity index (χ4v) is 4.54. The van der Waals surface area contributed by atoms with Gasteiger partial charge in [-0.25, -0.2) is 0 Å². The summed E-state index contributed by atoms with van der Waals surface area (Å²) < 4.78 is 12.6. The van der Waals surface area contributed by atoms with E-state index in [0.717, 1.165) is 41.3 Å². The van der Waals surface area contributed by atoms with Crippen molar-refractivity contribution in [2.75, 3.05) is 0 Å². The van der Waals surface area contributed by atoms with E-state index in [0.29, 0.717) is 5.56 Å². The molecule has 2 aromatic rings. The molecule has 1 aliphatic heterocycles. The molecule has 29 heavy (non-hydrogen) atoms. The van der Waals surface area contributed by atoms with Crippen molar-refractivity contribution in [3.63, 3.8) is 0 Å². The van der Waals surface area contributed by atoms with Crippen LogP contribution < -0.4 is 11.2 Å². The molecule has 0 radical (unpaired) electrons. The molecular formula is C22H31BN2O4. The van der Waals surface area contributed by atoms with Gasteiger partial charge < -0.3 is 25.1 Å². The predicted molar refractivity (Wildman–Crippen MR) is 114 cm³/mol. The lowest BCUT2D eigenvalue weighted by Crippen LogP contribution is -2.41. The fourth-order valence-electron chi connectivity index (χ4n) is 4.54. The van der Waals surface area contributed by atoms with Gasteiger partial charge in [0.15, 0.2) is 0 Å². The molecule has 1 saturated heterocycles. The van der Waals surface area contributed by atoms with Crippen LogP contribution in [0, 0.1) is 5.92 Å². The summed E-state index contributed by atoms with van der Waals surface area (Å²) in [7, 11) is -0.517. The van der Waals surface area contributed by atoms with E-state index in [1.54, 1.807) is 6.07 Å². The number of aliphatic hydroxyl groups is 1. The largest absolute Gasteiger partial charge is 0.495 e. The standard InChI is InChI=1S/C22H31BN2O4/c1-20(2,27)12-7-8-13-16(11-12)25-18-14(19(24)26)9-10-15(17(13)18)23-28-21(3,4)22(5,6)29-23/h9-10,12,25,27H,7-8,11H2,1-6H3,(H2,24,26). The number of aromatic nitrogens is 1. The van der Waals surface area contributed by atoms with E-state index in [1.807, 2.05) is 47.6 Å². The van der Waals surface area contributed by atoms with Crippen LogP contribution >= 0.6 is 0 Å². The van der Waals surface area contributed by atoms with Gasteiger partial charge in [0.05, 0.1) is 27.9 Å². The summed E-state index contributed by atoms with van der Waals surface area (Å²) in [4.78, 5) is 15.5. The number of benzene rings is 1. The van der Waals surface area contributed by atoms with Crippen LogP contribution in [-0.4, -0.2) is 39.9 Å². The lowest BCUT2D eigenvalue weighted by Gasteiger charge is -2.32. The second-order valence-electron chi connectivity index (χ2n) is 10.1. The molecule has 6 nitrogen and oxygen atoms in total. The molecule has 1 atom stereocenters. The molecule has 1 aromatic heterocycles. The second-order valence-corrected chi connectivity index (χ2v) is 10.1. The molecule has 156 valence electrons. The van der Waals surface area contributed by atoms with Gasteiger partial charge in [0, 0.05) is 11.1 Å². The molecule has 4 N–H and O–H groups in total. The van der Waals surface area contributed by atoms with Crippen LogP contribution in [0.1, 0.15) is 69.6 Å². The minimum absolute atomic E-state index is 0.153. The Kier molecular flexibility index (Phi) is 4.47. The van der Waals surface area contributed by atoms with Gasteiger partial charge in [0.2, 0.25) is 0 Å². The molecular weight excluding hydrogens is 367 g/mol. The normalized spacial score (nSPS) is 23.4. The number of nitrogens with one attached hydrogen (secondary N) is 1. The van der Waals surface area contributed by atoms with Gasteiger partial charge in [-0.05, 0) is 83.8 Å². The maximum Gasteiger partial charge on any atom is 0.495 e. The minimum Gasteiger partial charge on any atom is -0.399 e. The number of primary amides is 1. The number of carbonyl (C=O) groups excluding carboxylic acids is 1. The number of hydrogen-bond donors (Lipinski definition) is 3. The summed E-state index contributed by atoms with van der Waals surface area (Å²) >= 11 is 0. The molecule has 0 bridgehead atoms. The predicted octanol–water partition coefficient (Wildman–Crippen LogP) is 2.44. The topological polar surface area (TPSA) is 97.6 Å². The first-order chi connectivity index (χ1) is 13.3. The molecule has 1 unspecified atom stereocenters. The van der Waals surface area contributed by atoms with Crippen molar-refractivity contribution in [1.82, 2.24) is 4.98 Å². The molecule has 0 spiro atoms. The first kappa shape index (κ1) is 20.4. The third-order valence-electron chi connectivity index (χ3n) is 7.14. The van der Waals surface area contributed by atoms with Crippen molar-refractivity contribution >= 4 is 29.4 Å². The van der Waals surface area contributed by atoms with Gasteiger partial charge in [0.25, 0.3) is 5.91 Å². The molecule has 1 amide bonds. The van der Waals surface area contributed by atoms with Gasteiger partial charge in [-0.1, -0.05) is 6.07 Å². The number of H-pyrrole nitrogens is 1. The fraction of sp³-hybridized carbons (Fsp3) is 0.591. The highest BCUT2D eigenvalue weighted by Gasteiger charge is 2.52. The highest BCUT2D eigenvalue weighted by Crippen LogP contribution is 2.40. The summed E-state index contributed by atoms with van der Waals surface area (Å²) in [5, 5.41) is 11.5. The number of aryl methyl sites for hydroxylation is 1. The van der Waals surface area contributed by atoms with Crippen molar-refractivity contribution in [1.29, 1.82) is 0 Å². The van der Waals surface area contributed by atoms with Gasteiger partial charge in [-0.2, -0.15) is 0 Å². The second kappa shape index (κ2) is 6.33. The van der Waals surface area contributed by atoms with Crippen molar-refractivity contribution in [2.24, 2.45) is 11.7 Å². The minimum atomic E-state index is -0.754. The van der Waals surface area contributed by atoms with Crippen molar-refractivity contribution < 1.29 is 19.2 Å². The third-order valence-corrected chi connectivity index (χ3v) is 7.14. The summed E-state index contributed by atoms with van der Waals surface area (Å²) in [5.41, 5.74) is 8.37. The van der Waals surface area contributed by atoms with Crippen LogP contribution in [0.15, 0.2) is 12.1 Å². The van der Waals surface area contributed by atoms with Crippen LogP contribution in [-0.2, 0) is 22.2 Å². The van der Waals surface area contributed by atoms with Gasteiger partial charge in [0.1, 0.15) is 0 Å². The van der Waals surface area contributed by atoms with Crippen LogP contribution in [0.4, 0.5) is 0 Å². The average molecular weight is 398 g/mol. The van der Waals surface area contributed by atoms with E-state index in [4.69, 9.17) is 15.0 Å². The molecule has 2 aliphatic rings. The Morgan fingerprint density at radius 3 is 2.41 bits per heavy atom. The van der Waals surface area contributed by atoms with Crippen LogP contribution in [0.25, 0.3) is 10.9 Å². The average Bonchev–Trinajstić information content (AvgIpc) is 3.06. The van der Waals surface area contributed by atoms with Crippen molar-refractivity contribution in [2.45, 2.75) is 77.6 Å². The number of aromatic amines is 1. The highest BCUT2D eigenvalue weighted by molar-refractivity contribution is 6.65. The number of hydrogen-bond acceptors (Lipinski definition) is 4. The van der Waals surface area contributed by atoms with Crippen LogP contribution in [0.5, 0.6) is 0 Å². The Hall–Kier alpha value is -1.83. The van der Waals surface area contributed by atoms with Crippen molar-refractivity contribution in [3.8, 4) is 0 Å². The summed E-state index contributed by atoms with van der Waals surface area (Å²) in [6.45, 7) is 11.8.